The molecule has 8 heteroatoms. The lowest BCUT2D eigenvalue weighted by Crippen LogP contribution is -2.60. The van der Waals surface area contributed by atoms with Gasteiger partial charge in [0.25, 0.3) is 0 Å². The summed E-state index contributed by atoms with van der Waals surface area (Å²) in [6.07, 6.45) is -7.85. The van der Waals surface area contributed by atoms with Crippen molar-refractivity contribution < 1.29 is 39.5 Å². The van der Waals surface area contributed by atoms with Crippen LogP contribution in [-0.4, -0.2) is 63.4 Å². The van der Waals surface area contributed by atoms with Crippen LogP contribution in [0.25, 0.3) is 0 Å². The third kappa shape index (κ3) is 5.15. The Bertz CT molecular complexity index is 666. The van der Waals surface area contributed by atoms with E-state index in [2.05, 4.69) is 20.8 Å². The summed E-state index contributed by atoms with van der Waals surface area (Å²) < 4.78 is 10.9. The summed E-state index contributed by atoms with van der Waals surface area (Å²) in [4.78, 5) is 22.1. The van der Waals surface area contributed by atoms with Gasteiger partial charge in [-0.2, -0.15) is 0 Å². The summed E-state index contributed by atoms with van der Waals surface area (Å²) in [6.45, 7) is 6.23. The van der Waals surface area contributed by atoms with Gasteiger partial charge in [0.1, 0.15) is 24.6 Å². The zero-order valence-electron chi connectivity index (χ0n) is 16.2. The lowest BCUT2D eigenvalue weighted by atomic mass is 9.86. The van der Waals surface area contributed by atoms with Crippen LogP contribution in [0.5, 0.6) is 0 Å². The molecule has 6 unspecified atom stereocenters. The van der Waals surface area contributed by atoms with Crippen molar-refractivity contribution in [2.45, 2.75) is 75.8 Å². The standard InChI is InChI=1S/C20H28O8/c1-20(2,3)12-8-6-11(7-9-12)13(5-4-10-21)27-19-16(24)14(22)15(23)17(28-19)18(25)26/h6-10,13-17,19,22-24H,4-5H2,1-3H3,(H,25,26). The molecular formula is C20H28O8. The number of carboxylic acid groups (broad SMARTS) is 1. The number of ether oxygens (including phenoxy) is 2. The second-order valence-electron chi connectivity index (χ2n) is 7.98. The minimum absolute atomic E-state index is 0.0463. The van der Waals surface area contributed by atoms with Gasteiger partial charge >= 0.3 is 5.97 Å². The molecule has 8 nitrogen and oxygen atoms in total. The van der Waals surface area contributed by atoms with Gasteiger partial charge in [0.2, 0.25) is 0 Å². The van der Waals surface area contributed by atoms with Crippen LogP contribution in [0, 0.1) is 0 Å². The number of carbonyl (C=O) groups is 2. The largest absolute Gasteiger partial charge is 0.479 e. The van der Waals surface area contributed by atoms with E-state index < -0.39 is 42.8 Å². The van der Waals surface area contributed by atoms with Crippen LogP contribution in [0.2, 0.25) is 0 Å². The van der Waals surface area contributed by atoms with Crippen molar-refractivity contribution in [1.82, 2.24) is 0 Å². The van der Waals surface area contributed by atoms with Crippen LogP contribution in [0.3, 0.4) is 0 Å². The number of hydrogen-bond donors (Lipinski definition) is 4. The number of aliphatic hydroxyl groups is 3. The van der Waals surface area contributed by atoms with E-state index in [9.17, 15) is 24.9 Å². The number of carboxylic acids is 1. The fourth-order valence-electron chi connectivity index (χ4n) is 3.06. The number of aliphatic carboxylic acids is 1. The summed E-state index contributed by atoms with van der Waals surface area (Å²) >= 11 is 0. The zero-order valence-corrected chi connectivity index (χ0v) is 16.2. The number of carbonyl (C=O) groups excluding carboxylic acids is 1. The van der Waals surface area contributed by atoms with E-state index in [1.54, 1.807) is 0 Å². The number of aliphatic hydroxyl groups excluding tert-OH is 3. The van der Waals surface area contributed by atoms with Gasteiger partial charge in [-0.05, 0) is 23.0 Å². The molecule has 1 fully saturated rings. The molecule has 2 rings (SSSR count). The number of rotatable bonds is 7. The van der Waals surface area contributed by atoms with Crippen LogP contribution < -0.4 is 0 Å². The van der Waals surface area contributed by atoms with E-state index in [1.165, 1.54) is 0 Å². The van der Waals surface area contributed by atoms with E-state index in [1.807, 2.05) is 24.3 Å². The third-order valence-electron chi connectivity index (χ3n) is 4.81. The summed E-state index contributed by atoms with van der Waals surface area (Å²) in [5.41, 5.74) is 1.77. The molecule has 4 N–H and O–H groups in total. The van der Waals surface area contributed by atoms with Gasteiger partial charge in [-0.25, -0.2) is 4.79 Å². The minimum Gasteiger partial charge on any atom is -0.479 e. The summed E-state index contributed by atoms with van der Waals surface area (Å²) in [7, 11) is 0. The number of benzene rings is 1. The first kappa shape index (κ1) is 22.4. The molecule has 1 heterocycles. The first-order valence-corrected chi connectivity index (χ1v) is 9.18. The van der Waals surface area contributed by atoms with Gasteiger partial charge in [0, 0.05) is 6.42 Å². The highest BCUT2D eigenvalue weighted by Crippen LogP contribution is 2.31. The Balaban J connectivity index is 2.23. The monoisotopic (exact) mass is 396 g/mol. The van der Waals surface area contributed by atoms with Crippen molar-refractivity contribution in [1.29, 1.82) is 0 Å². The number of hydrogen-bond acceptors (Lipinski definition) is 7. The van der Waals surface area contributed by atoms with E-state index in [0.29, 0.717) is 0 Å². The zero-order chi connectivity index (χ0) is 21.1. The lowest BCUT2D eigenvalue weighted by molar-refractivity contribution is -0.305. The van der Waals surface area contributed by atoms with Gasteiger partial charge in [0.15, 0.2) is 12.4 Å². The van der Waals surface area contributed by atoms with Gasteiger partial charge in [0.05, 0.1) is 6.10 Å². The molecule has 1 aliphatic heterocycles. The maximum atomic E-state index is 11.2. The average Bonchev–Trinajstić information content (AvgIpc) is 2.64. The predicted octanol–water partition coefficient (Wildman–Crippen LogP) is 0.913. The quantitative estimate of drug-likeness (QED) is 0.500. The smallest absolute Gasteiger partial charge is 0.335 e. The molecular weight excluding hydrogens is 368 g/mol. The topological polar surface area (TPSA) is 134 Å². The second kappa shape index (κ2) is 9.11. The fourth-order valence-corrected chi connectivity index (χ4v) is 3.06. The molecule has 28 heavy (non-hydrogen) atoms. The molecule has 0 spiro atoms. The average molecular weight is 396 g/mol. The highest BCUT2D eigenvalue weighted by Gasteiger charge is 2.48. The van der Waals surface area contributed by atoms with E-state index in [0.717, 1.165) is 17.4 Å². The van der Waals surface area contributed by atoms with E-state index in [-0.39, 0.29) is 18.3 Å². The highest BCUT2D eigenvalue weighted by molar-refractivity contribution is 5.73. The van der Waals surface area contributed by atoms with Crippen LogP contribution in [0.1, 0.15) is 50.8 Å². The molecule has 0 aromatic heterocycles. The van der Waals surface area contributed by atoms with Gasteiger partial charge < -0.3 is 34.7 Å². The van der Waals surface area contributed by atoms with E-state index in [4.69, 9.17) is 14.6 Å². The van der Waals surface area contributed by atoms with Crippen molar-refractivity contribution in [2.75, 3.05) is 0 Å². The van der Waals surface area contributed by atoms with Gasteiger partial charge in [-0.1, -0.05) is 45.0 Å². The van der Waals surface area contributed by atoms with Gasteiger partial charge in [-0.3, -0.25) is 0 Å². The molecule has 156 valence electrons. The second-order valence-corrected chi connectivity index (χ2v) is 7.98. The number of aldehydes is 1. The molecule has 0 radical (unpaired) electrons. The molecule has 1 saturated heterocycles. The molecule has 6 atom stereocenters. The Kier molecular flexibility index (Phi) is 7.30. The normalized spacial score (nSPS) is 29.3. The SMILES string of the molecule is CC(C)(C)c1ccc(C(CCC=O)OC2OC(C(=O)O)C(O)C(O)C2O)cc1. The van der Waals surface area contributed by atoms with Crippen molar-refractivity contribution >= 4 is 12.3 Å². The van der Waals surface area contributed by atoms with Crippen molar-refractivity contribution in [3.05, 3.63) is 35.4 Å². The summed E-state index contributed by atoms with van der Waals surface area (Å²) in [6, 6.07) is 7.54. The molecule has 0 amide bonds. The first-order chi connectivity index (χ1) is 13.1. The Labute approximate surface area is 163 Å². The van der Waals surface area contributed by atoms with Crippen LogP contribution >= 0.6 is 0 Å². The molecule has 1 aromatic carbocycles. The summed E-state index contributed by atoms with van der Waals surface area (Å²) in [5, 5.41) is 39.0. The predicted molar refractivity (Wildman–Crippen MR) is 98.6 cm³/mol. The molecule has 0 aliphatic carbocycles. The molecule has 0 saturated carbocycles. The maximum absolute atomic E-state index is 11.2. The van der Waals surface area contributed by atoms with Crippen LogP contribution in [0.15, 0.2) is 24.3 Å². The lowest BCUT2D eigenvalue weighted by Gasteiger charge is -2.39. The minimum atomic E-state index is -1.79. The highest BCUT2D eigenvalue weighted by atomic mass is 16.7. The Morgan fingerprint density at radius 1 is 1.14 bits per heavy atom. The van der Waals surface area contributed by atoms with Gasteiger partial charge in [-0.15, -0.1) is 0 Å². The van der Waals surface area contributed by atoms with E-state index >= 15 is 0 Å². The first-order valence-electron chi connectivity index (χ1n) is 9.18. The summed E-state index contributed by atoms with van der Waals surface area (Å²) in [5.74, 6) is -1.48. The molecule has 1 aliphatic rings. The fraction of sp³-hybridized carbons (Fsp3) is 0.600. The van der Waals surface area contributed by atoms with Crippen molar-refractivity contribution in [3.63, 3.8) is 0 Å². The van der Waals surface area contributed by atoms with Crippen LogP contribution in [0.4, 0.5) is 0 Å². The maximum Gasteiger partial charge on any atom is 0.335 e. The van der Waals surface area contributed by atoms with Crippen molar-refractivity contribution in [3.8, 4) is 0 Å². The third-order valence-corrected chi connectivity index (χ3v) is 4.81. The Hall–Kier alpha value is -1.84. The van der Waals surface area contributed by atoms with Crippen LogP contribution in [-0.2, 0) is 24.5 Å². The molecule has 0 bridgehead atoms. The molecule has 1 aromatic rings. The van der Waals surface area contributed by atoms with Crippen molar-refractivity contribution in [2.24, 2.45) is 0 Å². The Morgan fingerprint density at radius 2 is 1.75 bits per heavy atom. The Morgan fingerprint density at radius 3 is 2.25 bits per heavy atom.